The van der Waals surface area contributed by atoms with E-state index in [-0.39, 0.29) is 17.6 Å². The van der Waals surface area contributed by atoms with E-state index in [9.17, 15) is 4.79 Å². The van der Waals surface area contributed by atoms with Crippen LogP contribution in [0.25, 0.3) is 0 Å². The Balaban J connectivity index is 2.82. The van der Waals surface area contributed by atoms with E-state index in [0.29, 0.717) is 12.6 Å². The minimum Gasteiger partial charge on any atom is -0.313 e. The third-order valence-corrected chi connectivity index (χ3v) is 3.92. The molecule has 1 rings (SSSR count). The van der Waals surface area contributed by atoms with Crippen molar-refractivity contribution in [3.05, 3.63) is 21.3 Å². The van der Waals surface area contributed by atoms with E-state index in [1.807, 2.05) is 26.0 Å². The summed E-state index contributed by atoms with van der Waals surface area (Å²) in [4.78, 5) is 13.2. The summed E-state index contributed by atoms with van der Waals surface area (Å²) in [6, 6.07) is 4.20. The molecule has 0 fully saturated rings. The second kappa shape index (κ2) is 6.53. The fourth-order valence-electron chi connectivity index (χ4n) is 1.61. The highest BCUT2D eigenvalue weighted by Gasteiger charge is 2.24. The Morgan fingerprint density at radius 1 is 1.35 bits per heavy atom. The molecular weight excluding hydrogens is 254 g/mol. The first-order chi connectivity index (χ1) is 7.91. The monoisotopic (exact) mass is 273 g/mol. The molecule has 1 N–H and O–H groups in total. The molecule has 0 aliphatic rings. The molecule has 0 aliphatic carbocycles. The van der Waals surface area contributed by atoms with Crippen LogP contribution in [0.1, 0.15) is 38.5 Å². The smallest absolute Gasteiger partial charge is 0.144 e. The maximum atomic E-state index is 12.2. The first-order valence-corrected chi connectivity index (χ1v) is 7.13. The molecule has 2 nitrogen and oxygen atoms in total. The maximum absolute atomic E-state index is 12.2. The van der Waals surface area contributed by atoms with Gasteiger partial charge in [-0.25, -0.2) is 0 Å². The number of thiophene rings is 1. The van der Waals surface area contributed by atoms with Crippen LogP contribution in [0.5, 0.6) is 0 Å². The second-order valence-corrected chi connectivity index (χ2v) is 6.56. The van der Waals surface area contributed by atoms with E-state index < -0.39 is 0 Å². The lowest BCUT2D eigenvalue weighted by atomic mass is 9.93. The van der Waals surface area contributed by atoms with Gasteiger partial charge in [0.2, 0.25) is 0 Å². The number of rotatable bonds is 6. The average molecular weight is 274 g/mol. The van der Waals surface area contributed by atoms with Gasteiger partial charge in [-0.3, -0.25) is 4.79 Å². The van der Waals surface area contributed by atoms with Crippen molar-refractivity contribution in [3.8, 4) is 0 Å². The largest absolute Gasteiger partial charge is 0.313 e. The molecule has 0 aromatic carbocycles. The Morgan fingerprint density at radius 2 is 2.00 bits per heavy atom. The van der Waals surface area contributed by atoms with Crippen LogP contribution >= 0.6 is 22.9 Å². The van der Waals surface area contributed by atoms with Crippen molar-refractivity contribution in [1.29, 1.82) is 0 Å². The van der Waals surface area contributed by atoms with E-state index in [1.54, 1.807) is 0 Å². The minimum atomic E-state index is -0.0742. The van der Waals surface area contributed by atoms with Gasteiger partial charge >= 0.3 is 0 Å². The summed E-state index contributed by atoms with van der Waals surface area (Å²) in [6.45, 7) is 8.74. The predicted molar refractivity (Wildman–Crippen MR) is 75.1 cm³/mol. The highest BCUT2D eigenvalue weighted by Crippen LogP contribution is 2.30. The van der Waals surface area contributed by atoms with Gasteiger partial charge in [0.05, 0.1) is 10.3 Å². The topological polar surface area (TPSA) is 29.1 Å². The molecular formula is C13H20ClNOS. The van der Waals surface area contributed by atoms with Crippen LogP contribution in [0, 0.1) is 5.92 Å². The fourth-order valence-corrected chi connectivity index (χ4v) is 2.78. The van der Waals surface area contributed by atoms with E-state index >= 15 is 0 Å². The van der Waals surface area contributed by atoms with Crippen molar-refractivity contribution in [1.82, 2.24) is 5.32 Å². The fraction of sp³-hybridized carbons (Fsp3) is 0.615. The molecule has 1 aromatic heterocycles. The van der Waals surface area contributed by atoms with Gasteiger partial charge in [0.15, 0.2) is 0 Å². The van der Waals surface area contributed by atoms with Gasteiger partial charge in [-0.1, -0.05) is 39.3 Å². The molecule has 96 valence electrons. The molecule has 0 aliphatic heterocycles. The van der Waals surface area contributed by atoms with Crippen molar-refractivity contribution >= 4 is 28.7 Å². The summed E-state index contributed by atoms with van der Waals surface area (Å²) < 4.78 is 0.742. The zero-order valence-electron chi connectivity index (χ0n) is 10.8. The molecule has 1 aromatic rings. The number of halogens is 1. The zero-order chi connectivity index (χ0) is 13.0. The Morgan fingerprint density at radius 3 is 2.41 bits per heavy atom. The highest BCUT2D eigenvalue weighted by molar-refractivity contribution is 7.16. The standard InChI is InChI=1S/C13H20ClNOS/c1-8(2)13(16)10(7-15-9(3)4)11-5-6-12(14)17-11/h5-6,8-10,15H,7H2,1-4H3/t10-/m1/s1. The Bertz CT molecular complexity index is 373. The number of carbonyl (C=O) groups is 1. The molecule has 4 heteroatoms. The lowest BCUT2D eigenvalue weighted by Gasteiger charge is -2.18. The van der Waals surface area contributed by atoms with Gasteiger partial charge in [0, 0.05) is 23.4 Å². The van der Waals surface area contributed by atoms with Crippen molar-refractivity contribution in [2.24, 2.45) is 5.92 Å². The molecule has 0 bridgehead atoms. The first kappa shape index (κ1) is 14.7. The predicted octanol–water partition coefficient (Wildman–Crippen LogP) is 3.71. The molecule has 0 amide bonds. The van der Waals surface area contributed by atoms with Gasteiger partial charge in [-0.05, 0) is 12.1 Å². The lowest BCUT2D eigenvalue weighted by molar-refractivity contribution is -0.123. The minimum absolute atomic E-state index is 0.0508. The van der Waals surface area contributed by atoms with Crippen molar-refractivity contribution in [2.75, 3.05) is 6.54 Å². The summed E-state index contributed by atoms with van der Waals surface area (Å²) in [7, 11) is 0. The van der Waals surface area contributed by atoms with E-state index in [0.717, 1.165) is 9.21 Å². The van der Waals surface area contributed by atoms with Gasteiger partial charge < -0.3 is 5.32 Å². The normalized spacial score (nSPS) is 13.4. The van der Waals surface area contributed by atoms with Crippen molar-refractivity contribution in [2.45, 2.75) is 39.7 Å². The van der Waals surface area contributed by atoms with E-state index in [4.69, 9.17) is 11.6 Å². The highest BCUT2D eigenvalue weighted by atomic mass is 35.5. The second-order valence-electron chi connectivity index (χ2n) is 4.81. The van der Waals surface area contributed by atoms with Gasteiger partial charge in [-0.15, -0.1) is 11.3 Å². The van der Waals surface area contributed by atoms with Crippen LogP contribution in [0.15, 0.2) is 12.1 Å². The van der Waals surface area contributed by atoms with E-state index in [2.05, 4.69) is 19.2 Å². The van der Waals surface area contributed by atoms with Crippen LogP contribution in [0.2, 0.25) is 4.34 Å². The van der Waals surface area contributed by atoms with Crippen LogP contribution in [-0.2, 0) is 4.79 Å². The molecule has 0 radical (unpaired) electrons. The Labute approximate surface area is 112 Å². The summed E-state index contributed by atoms with van der Waals surface area (Å²) in [5.74, 6) is 0.251. The van der Waals surface area contributed by atoms with Crippen molar-refractivity contribution < 1.29 is 4.79 Å². The number of ketones is 1. The third kappa shape index (κ3) is 4.41. The van der Waals surface area contributed by atoms with Gasteiger partial charge in [0.1, 0.15) is 5.78 Å². The quantitative estimate of drug-likeness (QED) is 0.856. The molecule has 0 saturated heterocycles. The number of hydrogen-bond acceptors (Lipinski definition) is 3. The van der Waals surface area contributed by atoms with Crippen LogP contribution in [-0.4, -0.2) is 18.4 Å². The van der Waals surface area contributed by atoms with Gasteiger partial charge in [-0.2, -0.15) is 0 Å². The van der Waals surface area contributed by atoms with E-state index in [1.165, 1.54) is 11.3 Å². The molecule has 0 unspecified atom stereocenters. The van der Waals surface area contributed by atoms with Gasteiger partial charge in [0.25, 0.3) is 0 Å². The Hall–Kier alpha value is -0.380. The van der Waals surface area contributed by atoms with Crippen molar-refractivity contribution in [3.63, 3.8) is 0 Å². The third-order valence-electron chi connectivity index (χ3n) is 2.58. The average Bonchev–Trinajstić information content (AvgIpc) is 2.64. The molecule has 0 spiro atoms. The van der Waals surface area contributed by atoms with Crippen LogP contribution < -0.4 is 5.32 Å². The molecule has 17 heavy (non-hydrogen) atoms. The maximum Gasteiger partial charge on any atom is 0.144 e. The number of carbonyl (C=O) groups excluding carboxylic acids is 1. The Kier molecular flexibility index (Phi) is 5.63. The summed E-state index contributed by atoms with van der Waals surface area (Å²) in [5, 5.41) is 3.33. The SMILES string of the molecule is CC(C)NC[C@@H](C(=O)C(C)C)c1ccc(Cl)s1. The number of Topliss-reactive ketones (excluding diaryl/α,β-unsaturated/α-hetero) is 1. The molecule has 1 atom stereocenters. The number of nitrogens with one attached hydrogen (secondary N) is 1. The summed E-state index contributed by atoms with van der Waals surface area (Å²) >= 11 is 7.44. The molecule has 1 heterocycles. The summed E-state index contributed by atoms with van der Waals surface area (Å²) in [6.07, 6.45) is 0. The number of hydrogen-bond donors (Lipinski definition) is 1. The van der Waals surface area contributed by atoms with Crippen LogP contribution in [0.4, 0.5) is 0 Å². The first-order valence-electron chi connectivity index (χ1n) is 5.94. The zero-order valence-corrected chi connectivity index (χ0v) is 12.4. The van der Waals surface area contributed by atoms with Crippen LogP contribution in [0.3, 0.4) is 0 Å². The lowest BCUT2D eigenvalue weighted by Crippen LogP contribution is -2.32. The molecule has 0 saturated carbocycles. The summed E-state index contributed by atoms with van der Waals surface area (Å²) in [5.41, 5.74) is 0.